The van der Waals surface area contributed by atoms with Crippen LogP contribution in [0.25, 0.3) is 0 Å². The number of hydrogen-bond acceptors (Lipinski definition) is 4. The third-order valence-corrected chi connectivity index (χ3v) is 2.53. The molecule has 0 fully saturated rings. The predicted molar refractivity (Wildman–Crippen MR) is 70.7 cm³/mol. The minimum Gasteiger partial charge on any atom is -0.354 e. The van der Waals surface area contributed by atoms with Gasteiger partial charge in [0.05, 0.1) is 0 Å². The molecule has 0 bridgehead atoms. The lowest BCUT2D eigenvalue weighted by Crippen LogP contribution is -2.13. The Kier molecular flexibility index (Phi) is 3.72. The van der Waals surface area contributed by atoms with Crippen molar-refractivity contribution < 1.29 is 4.39 Å². The van der Waals surface area contributed by atoms with Gasteiger partial charge in [-0.15, -0.1) is 0 Å². The van der Waals surface area contributed by atoms with E-state index >= 15 is 0 Å². The smallest absolute Gasteiger partial charge is 0.224 e. The molecule has 0 atom stereocenters. The van der Waals surface area contributed by atoms with Gasteiger partial charge in [-0.05, 0) is 37.3 Å². The Morgan fingerprint density at radius 3 is 2.61 bits per heavy atom. The maximum absolute atomic E-state index is 12.9. The Balaban J connectivity index is 2.24. The van der Waals surface area contributed by atoms with Crippen LogP contribution in [-0.2, 0) is 0 Å². The molecule has 0 saturated carbocycles. The highest BCUT2D eigenvalue weighted by atomic mass is 19.1. The van der Waals surface area contributed by atoms with Crippen molar-refractivity contribution in [3.8, 4) is 0 Å². The number of anilines is 3. The maximum atomic E-state index is 12.9. The topological polar surface area (TPSA) is 41.1 Å². The third-order valence-electron chi connectivity index (χ3n) is 2.53. The van der Waals surface area contributed by atoms with Gasteiger partial charge in [0.25, 0.3) is 0 Å². The number of aromatic nitrogens is 2. The zero-order valence-electron chi connectivity index (χ0n) is 10.4. The van der Waals surface area contributed by atoms with Crippen LogP contribution in [0.2, 0.25) is 0 Å². The van der Waals surface area contributed by atoms with Gasteiger partial charge in [0.15, 0.2) is 0 Å². The number of nitrogens with zero attached hydrogens (tertiary/aromatic N) is 3. The van der Waals surface area contributed by atoms with E-state index in [1.165, 1.54) is 12.1 Å². The molecule has 1 heterocycles. The van der Waals surface area contributed by atoms with Crippen molar-refractivity contribution in [2.75, 3.05) is 23.8 Å². The fourth-order valence-corrected chi connectivity index (χ4v) is 1.58. The lowest BCUT2D eigenvalue weighted by Gasteiger charge is -2.18. The Hall–Kier alpha value is -2.17. The molecule has 1 aromatic carbocycles. The van der Waals surface area contributed by atoms with Crippen molar-refractivity contribution in [1.82, 2.24) is 9.97 Å². The molecule has 0 amide bonds. The fourth-order valence-electron chi connectivity index (χ4n) is 1.58. The van der Waals surface area contributed by atoms with E-state index in [0.29, 0.717) is 5.95 Å². The molecule has 0 spiro atoms. The highest BCUT2D eigenvalue weighted by Crippen LogP contribution is 2.21. The van der Waals surface area contributed by atoms with Crippen LogP contribution < -0.4 is 10.2 Å². The molecule has 0 aliphatic rings. The van der Waals surface area contributed by atoms with Crippen molar-refractivity contribution in [3.05, 3.63) is 42.3 Å². The standard InChI is InChI=1S/C13H15FN4/c1-3-15-13-16-9-8-12(17-13)18(2)11-6-4-10(14)5-7-11/h4-9H,3H2,1-2H3,(H,15,16,17). The first-order valence-corrected chi connectivity index (χ1v) is 5.77. The van der Waals surface area contributed by atoms with Gasteiger partial charge >= 0.3 is 0 Å². The SMILES string of the molecule is CCNc1nccc(N(C)c2ccc(F)cc2)n1. The Bertz CT molecular complexity index is 513. The van der Waals surface area contributed by atoms with E-state index in [1.807, 2.05) is 24.9 Å². The summed E-state index contributed by atoms with van der Waals surface area (Å²) < 4.78 is 12.9. The van der Waals surface area contributed by atoms with Gasteiger partial charge in [-0.1, -0.05) is 0 Å². The maximum Gasteiger partial charge on any atom is 0.224 e. The summed E-state index contributed by atoms with van der Waals surface area (Å²) in [6, 6.07) is 8.09. The number of hydrogen-bond donors (Lipinski definition) is 1. The van der Waals surface area contributed by atoms with Crippen molar-refractivity contribution >= 4 is 17.5 Å². The van der Waals surface area contributed by atoms with Gasteiger partial charge in [0, 0.05) is 25.5 Å². The van der Waals surface area contributed by atoms with Crippen LogP contribution in [0, 0.1) is 5.82 Å². The zero-order valence-corrected chi connectivity index (χ0v) is 10.4. The Labute approximate surface area is 105 Å². The summed E-state index contributed by atoms with van der Waals surface area (Å²) >= 11 is 0. The molecule has 0 unspecified atom stereocenters. The molecular formula is C13H15FN4. The monoisotopic (exact) mass is 246 g/mol. The van der Waals surface area contributed by atoms with Crippen LogP contribution >= 0.6 is 0 Å². The summed E-state index contributed by atoms with van der Waals surface area (Å²) in [6.45, 7) is 2.75. The molecule has 2 aromatic rings. The second kappa shape index (κ2) is 5.44. The van der Waals surface area contributed by atoms with Crippen LogP contribution in [0.1, 0.15) is 6.92 Å². The van der Waals surface area contributed by atoms with Gasteiger partial charge in [0.1, 0.15) is 11.6 Å². The fraction of sp³-hybridized carbons (Fsp3) is 0.231. The van der Waals surface area contributed by atoms with Crippen molar-refractivity contribution in [2.45, 2.75) is 6.92 Å². The molecule has 1 N–H and O–H groups in total. The Morgan fingerprint density at radius 2 is 1.94 bits per heavy atom. The summed E-state index contributed by atoms with van der Waals surface area (Å²) in [7, 11) is 1.88. The van der Waals surface area contributed by atoms with Crippen LogP contribution in [0.3, 0.4) is 0 Å². The van der Waals surface area contributed by atoms with E-state index in [-0.39, 0.29) is 5.82 Å². The number of benzene rings is 1. The zero-order chi connectivity index (χ0) is 13.0. The first kappa shape index (κ1) is 12.3. The van der Waals surface area contributed by atoms with E-state index in [2.05, 4.69) is 15.3 Å². The van der Waals surface area contributed by atoms with Gasteiger partial charge in [-0.3, -0.25) is 0 Å². The molecule has 18 heavy (non-hydrogen) atoms. The average Bonchev–Trinajstić information content (AvgIpc) is 2.39. The molecule has 0 aliphatic heterocycles. The average molecular weight is 246 g/mol. The summed E-state index contributed by atoms with van der Waals surface area (Å²) in [4.78, 5) is 10.4. The van der Waals surface area contributed by atoms with Gasteiger partial charge < -0.3 is 10.2 Å². The van der Waals surface area contributed by atoms with Crippen LogP contribution in [0.5, 0.6) is 0 Å². The second-order valence-electron chi connectivity index (χ2n) is 3.80. The highest BCUT2D eigenvalue weighted by Gasteiger charge is 2.06. The molecule has 94 valence electrons. The lowest BCUT2D eigenvalue weighted by atomic mass is 10.3. The molecule has 2 rings (SSSR count). The quantitative estimate of drug-likeness (QED) is 0.900. The summed E-state index contributed by atoms with van der Waals surface area (Å²) in [6.07, 6.45) is 1.69. The van der Waals surface area contributed by atoms with Gasteiger partial charge in [-0.2, -0.15) is 4.98 Å². The highest BCUT2D eigenvalue weighted by molar-refractivity contribution is 5.59. The Morgan fingerprint density at radius 1 is 1.22 bits per heavy atom. The van der Waals surface area contributed by atoms with Crippen molar-refractivity contribution in [2.24, 2.45) is 0 Å². The number of rotatable bonds is 4. The van der Waals surface area contributed by atoms with E-state index in [0.717, 1.165) is 18.1 Å². The largest absolute Gasteiger partial charge is 0.354 e. The molecule has 0 saturated heterocycles. The van der Waals surface area contributed by atoms with E-state index in [4.69, 9.17) is 0 Å². The van der Waals surface area contributed by atoms with Crippen LogP contribution in [-0.4, -0.2) is 23.6 Å². The first-order chi connectivity index (χ1) is 8.70. The molecular weight excluding hydrogens is 231 g/mol. The van der Waals surface area contributed by atoms with Crippen molar-refractivity contribution in [3.63, 3.8) is 0 Å². The first-order valence-electron chi connectivity index (χ1n) is 5.77. The van der Waals surface area contributed by atoms with Crippen molar-refractivity contribution in [1.29, 1.82) is 0 Å². The minimum atomic E-state index is -0.247. The number of nitrogens with one attached hydrogen (secondary N) is 1. The summed E-state index contributed by atoms with van der Waals surface area (Å²) in [5.74, 6) is 1.10. The number of halogens is 1. The van der Waals surface area contributed by atoms with Gasteiger partial charge in [0.2, 0.25) is 5.95 Å². The summed E-state index contributed by atoms with van der Waals surface area (Å²) in [5, 5.41) is 3.05. The van der Waals surface area contributed by atoms with E-state index < -0.39 is 0 Å². The predicted octanol–water partition coefficient (Wildman–Crippen LogP) is 2.82. The van der Waals surface area contributed by atoms with E-state index in [1.54, 1.807) is 18.3 Å². The minimum absolute atomic E-state index is 0.247. The molecule has 4 nitrogen and oxygen atoms in total. The molecule has 0 radical (unpaired) electrons. The van der Waals surface area contributed by atoms with Crippen LogP contribution in [0.4, 0.5) is 21.8 Å². The molecule has 0 aliphatic carbocycles. The van der Waals surface area contributed by atoms with E-state index in [9.17, 15) is 4.39 Å². The molecule has 5 heteroatoms. The molecule has 1 aromatic heterocycles. The normalized spacial score (nSPS) is 10.2. The van der Waals surface area contributed by atoms with Gasteiger partial charge in [-0.25, -0.2) is 9.37 Å². The lowest BCUT2D eigenvalue weighted by molar-refractivity contribution is 0.628. The third kappa shape index (κ3) is 2.74. The summed E-state index contributed by atoms with van der Waals surface area (Å²) in [5.41, 5.74) is 0.873. The second-order valence-corrected chi connectivity index (χ2v) is 3.80. The van der Waals surface area contributed by atoms with Crippen LogP contribution in [0.15, 0.2) is 36.5 Å².